The number of benzene rings is 1. The summed E-state index contributed by atoms with van der Waals surface area (Å²) in [5, 5.41) is 11.1. The van der Waals surface area contributed by atoms with Crippen molar-refractivity contribution in [2.24, 2.45) is 0 Å². The third kappa shape index (κ3) is 4.19. The Hall–Kier alpha value is -3.00. The number of pyridine rings is 1. The molecule has 5 rings (SSSR count). The summed E-state index contributed by atoms with van der Waals surface area (Å²) in [6.07, 6.45) is 1.93. The van der Waals surface area contributed by atoms with E-state index in [2.05, 4.69) is 21.7 Å². The predicted octanol–water partition coefficient (Wildman–Crippen LogP) is 3.64. The molecule has 1 saturated heterocycles. The number of aliphatic hydroxyl groups excluding tert-OH is 1. The smallest absolute Gasteiger partial charge is 0.336 e. The van der Waals surface area contributed by atoms with Gasteiger partial charge >= 0.3 is 5.63 Å². The van der Waals surface area contributed by atoms with E-state index in [1.54, 1.807) is 0 Å². The molecule has 0 saturated carbocycles. The number of fused-ring (bicyclic) bond motifs is 2. The molecule has 0 bridgehead atoms. The van der Waals surface area contributed by atoms with Gasteiger partial charge in [-0.3, -0.25) is 14.8 Å². The molecule has 0 spiro atoms. The fourth-order valence-corrected chi connectivity index (χ4v) is 4.64. The van der Waals surface area contributed by atoms with Crippen molar-refractivity contribution < 1.29 is 13.9 Å². The largest absolute Gasteiger partial charge is 0.454 e. The number of furan rings is 1. The molecule has 33 heavy (non-hydrogen) atoms. The third-order valence-corrected chi connectivity index (χ3v) is 6.72. The van der Waals surface area contributed by atoms with Crippen molar-refractivity contribution in [3.05, 3.63) is 63.3 Å². The van der Waals surface area contributed by atoms with Gasteiger partial charge in [0.1, 0.15) is 11.3 Å². The summed E-state index contributed by atoms with van der Waals surface area (Å²) in [5.41, 5.74) is 5.82. The van der Waals surface area contributed by atoms with E-state index in [9.17, 15) is 9.90 Å². The zero-order chi connectivity index (χ0) is 23.1. The van der Waals surface area contributed by atoms with E-state index in [-0.39, 0.29) is 6.61 Å². The van der Waals surface area contributed by atoms with Gasteiger partial charge in [0, 0.05) is 67.9 Å². The summed E-state index contributed by atoms with van der Waals surface area (Å²) in [6.45, 7) is 11.5. The van der Waals surface area contributed by atoms with Gasteiger partial charge in [-0.15, -0.1) is 0 Å². The number of nitrogens with zero attached hydrogens (tertiary/aromatic N) is 3. The molecule has 4 aromatic rings. The molecule has 1 aliphatic heterocycles. The van der Waals surface area contributed by atoms with Crippen LogP contribution in [0.25, 0.3) is 33.3 Å². The molecule has 1 N–H and O–H groups in total. The fourth-order valence-electron chi connectivity index (χ4n) is 4.64. The van der Waals surface area contributed by atoms with E-state index in [4.69, 9.17) is 8.83 Å². The van der Waals surface area contributed by atoms with Gasteiger partial charge in [-0.25, -0.2) is 4.79 Å². The van der Waals surface area contributed by atoms with Gasteiger partial charge in [0.25, 0.3) is 0 Å². The van der Waals surface area contributed by atoms with Crippen molar-refractivity contribution in [2.75, 3.05) is 39.3 Å². The lowest BCUT2D eigenvalue weighted by molar-refractivity contribution is 0.108. The SMILES string of the molecule is Cc1cc2oc(=O)cc(-c3cc4c(CN5CCN(CCO)CC5)cnc(C)c4o3)c2cc1C. The van der Waals surface area contributed by atoms with Crippen molar-refractivity contribution in [2.45, 2.75) is 27.3 Å². The normalized spacial score (nSPS) is 15.6. The van der Waals surface area contributed by atoms with Gasteiger partial charge in [-0.05, 0) is 55.7 Å². The molecule has 7 heteroatoms. The predicted molar refractivity (Wildman–Crippen MR) is 129 cm³/mol. The van der Waals surface area contributed by atoms with Crippen molar-refractivity contribution in [1.29, 1.82) is 0 Å². The minimum absolute atomic E-state index is 0.200. The van der Waals surface area contributed by atoms with Crippen LogP contribution in [0.4, 0.5) is 0 Å². The standard InChI is InChI=1S/C26H29N3O4/c1-16-10-21-22(13-25(31)32-23(21)11-17(16)2)24-12-20-19(14-27-18(3)26(20)33-24)15-29-6-4-28(5-7-29)8-9-30/h10-14,30H,4-9,15H2,1-3H3. The molecule has 0 aliphatic carbocycles. The molecule has 3 aromatic heterocycles. The zero-order valence-electron chi connectivity index (χ0n) is 19.4. The summed E-state index contributed by atoms with van der Waals surface area (Å²) in [5.74, 6) is 0.649. The minimum atomic E-state index is -0.392. The number of hydrogen-bond acceptors (Lipinski definition) is 7. The Bertz CT molecular complexity index is 1380. The first-order chi connectivity index (χ1) is 15.9. The molecular weight excluding hydrogens is 418 g/mol. The maximum atomic E-state index is 12.3. The van der Waals surface area contributed by atoms with Gasteiger partial charge < -0.3 is 13.9 Å². The molecule has 0 unspecified atom stereocenters. The summed E-state index contributed by atoms with van der Waals surface area (Å²) < 4.78 is 11.8. The Kier molecular flexibility index (Phi) is 5.78. The summed E-state index contributed by atoms with van der Waals surface area (Å²) in [6, 6.07) is 7.50. The lowest BCUT2D eigenvalue weighted by Crippen LogP contribution is -2.46. The van der Waals surface area contributed by atoms with Crippen molar-refractivity contribution in [3.8, 4) is 11.3 Å². The van der Waals surface area contributed by atoms with E-state index >= 15 is 0 Å². The summed E-state index contributed by atoms with van der Waals surface area (Å²) in [4.78, 5) is 21.6. The first-order valence-electron chi connectivity index (χ1n) is 11.4. The average Bonchev–Trinajstić information content (AvgIpc) is 3.24. The van der Waals surface area contributed by atoms with Crippen molar-refractivity contribution in [3.63, 3.8) is 0 Å². The van der Waals surface area contributed by atoms with Crippen LogP contribution >= 0.6 is 0 Å². The monoisotopic (exact) mass is 447 g/mol. The second-order valence-electron chi connectivity index (χ2n) is 8.98. The molecule has 1 fully saturated rings. The quantitative estimate of drug-likeness (QED) is 0.468. The third-order valence-electron chi connectivity index (χ3n) is 6.72. The summed E-state index contributed by atoms with van der Waals surface area (Å²) in [7, 11) is 0. The second-order valence-corrected chi connectivity index (χ2v) is 8.98. The number of hydrogen-bond donors (Lipinski definition) is 1. The molecule has 0 radical (unpaired) electrons. The zero-order valence-corrected chi connectivity index (χ0v) is 19.4. The van der Waals surface area contributed by atoms with Gasteiger partial charge in [0.2, 0.25) is 0 Å². The van der Waals surface area contributed by atoms with Crippen LogP contribution in [-0.4, -0.2) is 59.2 Å². The summed E-state index contributed by atoms with van der Waals surface area (Å²) >= 11 is 0. The average molecular weight is 448 g/mol. The molecule has 0 atom stereocenters. The van der Waals surface area contributed by atoms with E-state index < -0.39 is 5.63 Å². The van der Waals surface area contributed by atoms with Gasteiger partial charge in [-0.1, -0.05) is 0 Å². The number of β-amino-alcohol motifs (C(OH)–C–C–N with tert-alkyl or cyclic N) is 1. The first-order valence-corrected chi connectivity index (χ1v) is 11.4. The fraction of sp³-hybridized carbons (Fsp3) is 0.385. The Morgan fingerprint density at radius 2 is 1.67 bits per heavy atom. The van der Waals surface area contributed by atoms with E-state index in [0.29, 0.717) is 11.3 Å². The van der Waals surface area contributed by atoms with Crippen LogP contribution in [-0.2, 0) is 6.54 Å². The topological polar surface area (TPSA) is 83.0 Å². The number of aryl methyl sites for hydroxylation is 3. The Balaban J connectivity index is 1.54. The molecule has 0 amide bonds. The lowest BCUT2D eigenvalue weighted by atomic mass is 10.0. The number of aliphatic hydroxyl groups is 1. The van der Waals surface area contributed by atoms with Crippen molar-refractivity contribution in [1.82, 2.24) is 14.8 Å². The van der Waals surface area contributed by atoms with Gasteiger partial charge in [-0.2, -0.15) is 0 Å². The highest BCUT2D eigenvalue weighted by molar-refractivity contribution is 5.96. The maximum Gasteiger partial charge on any atom is 0.336 e. The maximum absolute atomic E-state index is 12.3. The van der Waals surface area contributed by atoms with E-state index in [1.807, 2.05) is 38.2 Å². The van der Waals surface area contributed by atoms with Crippen LogP contribution < -0.4 is 5.63 Å². The second kappa shape index (κ2) is 8.74. The van der Waals surface area contributed by atoms with E-state index in [0.717, 1.165) is 83.6 Å². The molecule has 172 valence electrons. The molecular formula is C26H29N3O4. The van der Waals surface area contributed by atoms with Crippen LogP contribution in [0.3, 0.4) is 0 Å². The molecule has 4 heterocycles. The van der Waals surface area contributed by atoms with Crippen LogP contribution in [0.1, 0.15) is 22.4 Å². The van der Waals surface area contributed by atoms with Crippen LogP contribution in [0, 0.1) is 20.8 Å². The minimum Gasteiger partial charge on any atom is -0.454 e. The molecule has 7 nitrogen and oxygen atoms in total. The highest BCUT2D eigenvalue weighted by Gasteiger charge is 2.20. The number of rotatable bonds is 5. The van der Waals surface area contributed by atoms with E-state index in [1.165, 1.54) is 6.07 Å². The first kappa shape index (κ1) is 21.8. The van der Waals surface area contributed by atoms with Gasteiger partial charge in [0.15, 0.2) is 5.58 Å². The van der Waals surface area contributed by atoms with Crippen LogP contribution in [0.5, 0.6) is 0 Å². The van der Waals surface area contributed by atoms with Crippen molar-refractivity contribution >= 4 is 21.9 Å². The number of aromatic nitrogens is 1. The highest BCUT2D eigenvalue weighted by atomic mass is 16.4. The van der Waals surface area contributed by atoms with Crippen LogP contribution in [0.15, 0.2) is 44.1 Å². The Morgan fingerprint density at radius 1 is 0.939 bits per heavy atom. The molecule has 1 aromatic carbocycles. The Morgan fingerprint density at radius 3 is 2.42 bits per heavy atom. The Labute approximate surface area is 192 Å². The highest BCUT2D eigenvalue weighted by Crippen LogP contribution is 2.35. The number of piperazine rings is 1. The molecule has 1 aliphatic rings. The van der Waals surface area contributed by atoms with Crippen LogP contribution in [0.2, 0.25) is 0 Å². The lowest BCUT2D eigenvalue weighted by Gasteiger charge is -2.34. The van der Waals surface area contributed by atoms with Gasteiger partial charge in [0.05, 0.1) is 12.3 Å².